The van der Waals surface area contributed by atoms with Gasteiger partial charge in [-0.2, -0.15) is 0 Å². The zero-order valence-corrected chi connectivity index (χ0v) is 14.9. The maximum Gasteiger partial charge on any atom is 0.260 e. The first-order valence-corrected chi connectivity index (χ1v) is 8.34. The van der Waals surface area contributed by atoms with E-state index in [1.54, 1.807) is 42.7 Å². The molecule has 2 N–H and O–H groups in total. The average molecular weight is 366 g/mol. The Morgan fingerprint density at radius 3 is 2.67 bits per heavy atom. The van der Waals surface area contributed by atoms with Gasteiger partial charge in [-0.1, -0.05) is 12.1 Å². The zero-order chi connectivity index (χ0) is 19.4. The summed E-state index contributed by atoms with van der Waals surface area (Å²) in [6.45, 7) is 3.16. The lowest BCUT2D eigenvalue weighted by Crippen LogP contribution is -2.37. The largest absolute Gasteiger partial charge is 0.455 e. The lowest BCUT2D eigenvalue weighted by atomic mass is 9.95. The topological polar surface area (TPSA) is 71.5 Å². The predicted octanol–water partition coefficient (Wildman–Crippen LogP) is 4.17. The van der Waals surface area contributed by atoms with Crippen LogP contribution in [-0.2, 0) is 10.4 Å². The number of aliphatic hydroxyl groups is 1. The molecule has 0 bridgehead atoms. The molecule has 0 aliphatic heterocycles. The van der Waals surface area contributed by atoms with E-state index in [1.165, 1.54) is 25.1 Å². The van der Waals surface area contributed by atoms with Crippen LogP contribution in [0.5, 0.6) is 11.5 Å². The normalized spacial score (nSPS) is 12.9. The van der Waals surface area contributed by atoms with Crippen molar-refractivity contribution in [3.05, 3.63) is 83.9 Å². The number of carbonyl (C=O) groups excluding carboxylic acids is 1. The molecule has 0 saturated heterocycles. The third-order valence-corrected chi connectivity index (χ3v) is 4.12. The number of rotatable bonds is 5. The Morgan fingerprint density at radius 1 is 1.19 bits per heavy atom. The van der Waals surface area contributed by atoms with Crippen LogP contribution in [0.3, 0.4) is 0 Å². The van der Waals surface area contributed by atoms with Gasteiger partial charge in [-0.3, -0.25) is 9.78 Å². The van der Waals surface area contributed by atoms with Gasteiger partial charge < -0.3 is 15.2 Å². The smallest absolute Gasteiger partial charge is 0.260 e. The first-order chi connectivity index (χ1) is 12.9. The molecule has 0 fully saturated rings. The summed E-state index contributed by atoms with van der Waals surface area (Å²) in [6, 6.07) is 14.0. The number of pyridine rings is 1. The summed E-state index contributed by atoms with van der Waals surface area (Å²) in [5, 5.41) is 13.2. The van der Waals surface area contributed by atoms with Gasteiger partial charge in [0.2, 0.25) is 0 Å². The quantitative estimate of drug-likeness (QED) is 0.711. The van der Waals surface area contributed by atoms with E-state index in [2.05, 4.69) is 10.3 Å². The second kappa shape index (κ2) is 7.55. The van der Waals surface area contributed by atoms with Crippen LogP contribution < -0.4 is 10.1 Å². The monoisotopic (exact) mass is 366 g/mol. The fraction of sp³-hybridized carbons (Fsp3) is 0.143. The molecule has 0 spiro atoms. The first-order valence-electron chi connectivity index (χ1n) is 8.34. The maximum absolute atomic E-state index is 13.4. The van der Waals surface area contributed by atoms with E-state index in [0.29, 0.717) is 17.2 Å². The Hall–Kier alpha value is -3.25. The summed E-state index contributed by atoms with van der Waals surface area (Å²) in [4.78, 5) is 16.5. The molecule has 0 unspecified atom stereocenters. The van der Waals surface area contributed by atoms with Gasteiger partial charge >= 0.3 is 0 Å². The Bertz CT molecular complexity index is 959. The average Bonchev–Trinajstić information content (AvgIpc) is 2.65. The van der Waals surface area contributed by atoms with Gasteiger partial charge in [-0.05, 0) is 67.4 Å². The minimum atomic E-state index is -1.87. The van der Waals surface area contributed by atoms with E-state index in [0.717, 1.165) is 11.6 Å². The summed E-state index contributed by atoms with van der Waals surface area (Å²) in [7, 11) is 0. The van der Waals surface area contributed by atoms with E-state index in [-0.39, 0.29) is 5.56 Å². The summed E-state index contributed by atoms with van der Waals surface area (Å²) in [5.41, 5.74) is -0.413. The standard InChI is InChI=1S/C21H19FN2O3/c1-14-11-17(8-9-19(14)27-18-7-4-10-23-13-18)24-20(25)21(2,26)15-5-3-6-16(22)12-15/h3-13,26H,1-2H3,(H,24,25)/t21-/m1/s1. The molecule has 138 valence electrons. The Labute approximate surface area is 156 Å². The molecule has 1 aromatic heterocycles. The first kappa shape index (κ1) is 18.5. The lowest BCUT2D eigenvalue weighted by Gasteiger charge is -2.23. The summed E-state index contributed by atoms with van der Waals surface area (Å²) in [6.07, 6.45) is 3.26. The molecule has 3 rings (SSSR count). The number of carbonyl (C=O) groups is 1. The van der Waals surface area contributed by atoms with Crippen molar-refractivity contribution < 1.29 is 19.0 Å². The maximum atomic E-state index is 13.4. The van der Waals surface area contributed by atoms with Gasteiger partial charge in [0.1, 0.15) is 17.3 Å². The van der Waals surface area contributed by atoms with E-state index >= 15 is 0 Å². The molecule has 27 heavy (non-hydrogen) atoms. The zero-order valence-electron chi connectivity index (χ0n) is 14.9. The molecular formula is C21H19FN2O3. The van der Waals surface area contributed by atoms with Crippen molar-refractivity contribution in [3.63, 3.8) is 0 Å². The molecule has 2 aromatic carbocycles. The minimum Gasteiger partial charge on any atom is -0.455 e. The number of ether oxygens (including phenoxy) is 1. The van der Waals surface area contributed by atoms with Gasteiger partial charge in [0.25, 0.3) is 5.91 Å². The number of nitrogens with zero attached hydrogens (tertiary/aromatic N) is 1. The van der Waals surface area contributed by atoms with Crippen LogP contribution in [0.15, 0.2) is 67.0 Å². The third-order valence-electron chi connectivity index (χ3n) is 4.12. The Morgan fingerprint density at radius 2 is 2.00 bits per heavy atom. The van der Waals surface area contributed by atoms with Crippen LogP contribution in [0.25, 0.3) is 0 Å². The minimum absolute atomic E-state index is 0.174. The van der Waals surface area contributed by atoms with Crippen molar-refractivity contribution in [1.82, 2.24) is 4.98 Å². The number of hydrogen-bond donors (Lipinski definition) is 2. The highest BCUT2D eigenvalue weighted by atomic mass is 19.1. The molecule has 3 aromatic rings. The van der Waals surface area contributed by atoms with Crippen LogP contribution in [0.1, 0.15) is 18.1 Å². The second-order valence-corrected chi connectivity index (χ2v) is 6.31. The van der Waals surface area contributed by atoms with Gasteiger partial charge in [0, 0.05) is 11.9 Å². The molecular weight excluding hydrogens is 347 g/mol. The molecule has 0 aliphatic rings. The Kier molecular flexibility index (Phi) is 5.19. The van der Waals surface area contributed by atoms with Crippen molar-refractivity contribution in [2.24, 2.45) is 0 Å². The van der Waals surface area contributed by atoms with E-state index in [1.807, 2.05) is 6.92 Å². The number of halogens is 1. The number of nitrogens with one attached hydrogen (secondary N) is 1. The van der Waals surface area contributed by atoms with Crippen LogP contribution >= 0.6 is 0 Å². The molecule has 0 radical (unpaired) electrons. The highest BCUT2D eigenvalue weighted by molar-refractivity contribution is 5.97. The van der Waals surface area contributed by atoms with Gasteiger partial charge in [0.05, 0.1) is 6.20 Å². The number of anilines is 1. The Balaban J connectivity index is 1.75. The second-order valence-electron chi connectivity index (χ2n) is 6.31. The molecule has 6 heteroatoms. The van der Waals surface area contributed by atoms with Crippen LogP contribution in [0, 0.1) is 12.7 Å². The highest BCUT2D eigenvalue weighted by Crippen LogP contribution is 2.28. The number of benzene rings is 2. The van der Waals surface area contributed by atoms with Crippen molar-refractivity contribution in [2.45, 2.75) is 19.4 Å². The SMILES string of the molecule is Cc1cc(NC(=O)[C@](C)(O)c2cccc(F)c2)ccc1Oc1cccnc1. The van der Waals surface area contributed by atoms with Crippen molar-refractivity contribution in [2.75, 3.05) is 5.32 Å². The summed E-state index contributed by atoms with van der Waals surface area (Å²) >= 11 is 0. The van der Waals surface area contributed by atoms with Crippen LogP contribution in [0.4, 0.5) is 10.1 Å². The number of amides is 1. The van der Waals surface area contributed by atoms with Crippen LogP contribution in [-0.4, -0.2) is 16.0 Å². The highest BCUT2D eigenvalue weighted by Gasteiger charge is 2.32. The molecule has 1 atom stereocenters. The molecule has 0 aliphatic carbocycles. The fourth-order valence-corrected chi connectivity index (χ4v) is 2.55. The van der Waals surface area contributed by atoms with Crippen LogP contribution in [0.2, 0.25) is 0 Å². The van der Waals surface area contributed by atoms with E-state index in [9.17, 15) is 14.3 Å². The molecule has 5 nitrogen and oxygen atoms in total. The van der Waals surface area contributed by atoms with E-state index in [4.69, 9.17) is 4.74 Å². The lowest BCUT2D eigenvalue weighted by molar-refractivity contribution is -0.133. The third kappa shape index (κ3) is 4.30. The predicted molar refractivity (Wildman–Crippen MR) is 100 cm³/mol. The number of aryl methyl sites for hydroxylation is 1. The van der Waals surface area contributed by atoms with Crippen molar-refractivity contribution in [1.29, 1.82) is 0 Å². The van der Waals surface area contributed by atoms with Gasteiger partial charge in [-0.25, -0.2) is 4.39 Å². The fourth-order valence-electron chi connectivity index (χ4n) is 2.55. The summed E-state index contributed by atoms with van der Waals surface area (Å²) < 4.78 is 19.2. The van der Waals surface area contributed by atoms with Crippen molar-refractivity contribution in [3.8, 4) is 11.5 Å². The number of hydrogen-bond acceptors (Lipinski definition) is 4. The van der Waals surface area contributed by atoms with Gasteiger partial charge in [-0.15, -0.1) is 0 Å². The van der Waals surface area contributed by atoms with Crippen molar-refractivity contribution >= 4 is 11.6 Å². The molecule has 1 amide bonds. The number of aromatic nitrogens is 1. The molecule has 1 heterocycles. The molecule has 0 saturated carbocycles. The van der Waals surface area contributed by atoms with Gasteiger partial charge in [0.15, 0.2) is 5.60 Å². The van der Waals surface area contributed by atoms with E-state index < -0.39 is 17.3 Å². The summed E-state index contributed by atoms with van der Waals surface area (Å²) in [5.74, 6) is 0.0473.